The average Bonchev–Trinajstić information content (AvgIpc) is 2.38. The standard InChI is InChI=1S/C15H19F2NO5/c1-14(2,3)23-13(21)18-11-7-10(22-4)6-5-9(11)8-15(16,17)12(19)20/h5-7H,8H2,1-4H3,(H,18,21)(H,19,20). The quantitative estimate of drug-likeness (QED) is 0.865. The number of ether oxygens (including phenoxy) is 2. The van der Waals surface area contributed by atoms with Crippen LogP contribution in [-0.2, 0) is 16.0 Å². The number of hydrogen-bond acceptors (Lipinski definition) is 4. The zero-order valence-electron chi connectivity index (χ0n) is 13.3. The summed E-state index contributed by atoms with van der Waals surface area (Å²) in [5.41, 5.74) is -0.822. The lowest BCUT2D eigenvalue weighted by Gasteiger charge is -2.21. The van der Waals surface area contributed by atoms with Crippen LogP contribution in [0.2, 0.25) is 0 Å². The Morgan fingerprint density at radius 3 is 2.35 bits per heavy atom. The number of aliphatic carboxylic acids is 1. The molecule has 1 aromatic rings. The van der Waals surface area contributed by atoms with Gasteiger partial charge in [-0.15, -0.1) is 0 Å². The molecule has 0 atom stereocenters. The van der Waals surface area contributed by atoms with Gasteiger partial charge in [-0.1, -0.05) is 6.07 Å². The van der Waals surface area contributed by atoms with Gasteiger partial charge in [-0.25, -0.2) is 9.59 Å². The summed E-state index contributed by atoms with van der Waals surface area (Å²) in [5.74, 6) is -5.88. The second-order valence-electron chi connectivity index (χ2n) is 5.84. The molecule has 0 radical (unpaired) electrons. The maximum Gasteiger partial charge on any atom is 0.412 e. The smallest absolute Gasteiger partial charge is 0.412 e. The van der Waals surface area contributed by atoms with Crippen LogP contribution >= 0.6 is 0 Å². The molecule has 1 aromatic carbocycles. The number of anilines is 1. The molecule has 8 heteroatoms. The van der Waals surface area contributed by atoms with Crippen LogP contribution in [0.1, 0.15) is 26.3 Å². The van der Waals surface area contributed by atoms with Crippen LogP contribution in [-0.4, -0.2) is 35.8 Å². The van der Waals surface area contributed by atoms with Crippen LogP contribution in [0.4, 0.5) is 19.3 Å². The summed E-state index contributed by atoms with van der Waals surface area (Å²) in [6, 6.07) is 3.98. The monoisotopic (exact) mass is 331 g/mol. The van der Waals surface area contributed by atoms with Gasteiger partial charge in [-0.2, -0.15) is 8.78 Å². The van der Waals surface area contributed by atoms with E-state index in [1.165, 1.54) is 25.3 Å². The molecule has 0 aromatic heterocycles. The summed E-state index contributed by atoms with van der Waals surface area (Å²) in [4.78, 5) is 22.4. The van der Waals surface area contributed by atoms with Crippen LogP contribution in [0.15, 0.2) is 18.2 Å². The fourth-order valence-electron chi connectivity index (χ4n) is 1.68. The van der Waals surface area contributed by atoms with E-state index in [2.05, 4.69) is 5.32 Å². The summed E-state index contributed by atoms with van der Waals surface area (Å²) in [6.07, 6.45) is -1.91. The maximum absolute atomic E-state index is 13.4. The first-order chi connectivity index (χ1) is 10.4. The third-order valence-corrected chi connectivity index (χ3v) is 2.68. The Morgan fingerprint density at radius 2 is 1.87 bits per heavy atom. The van der Waals surface area contributed by atoms with Crippen LogP contribution < -0.4 is 10.1 Å². The molecule has 0 saturated heterocycles. The molecule has 0 heterocycles. The van der Waals surface area contributed by atoms with Crippen molar-refractivity contribution < 1.29 is 33.0 Å². The number of carbonyl (C=O) groups is 2. The van der Waals surface area contributed by atoms with Crippen molar-refractivity contribution in [3.63, 3.8) is 0 Å². The highest BCUT2D eigenvalue weighted by Crippen LogP contribution is 2.29. The highest BCUT2D eigenvalue weighted by atomic mass is 19.3. The summed E-state index contributed by atoms with van der Waals surface area (Å²) in [7, 11) is 1.37. The van der Waals surface area contributed by atoms with E-state index in [4.69, 9.17) is 14.6 Å². The first kappa shape index (κ1) is 18.7. The van der Waals surface area contributed by atoms with Crippen molar-refractivity contribution in [1.29, 1.82) is 0 Å². The lowest BCUT2D eigenvalue weighted by molar-refractivity contribution is -0.164. The number of hydrogen-bond donors (Lipinski definition) is 2. The fourth-order valence-corrected chi connectivity index (χ4v) is 1.68. The van der Waals surface area contributed by atoms with Gasteiger partial charge in [0.25, 0.3) is 0 Å². The van der Waals surface area contributed by atoms with Gasteiger partial charge >= 0.3 is 18.0 Å². The average molecular weight is 331 g/mol. The van der Waals surface area contributed by atoms with Crippen molar-refractivity contribution in [3.8, 4) is 5.75 Å². The van der Waals surface area contributed by atoms with Gasteiger partial charge in [0.1, 0.15) is 11.4 Å². The minimum atomic E-state index is -3.96. The Kier molecular flexibility index (Phi) is 5.52. The number of amides is 1. The van der Waals surface area contributed by atoms with Crippen LogP contribution in [0, 0.1) is 0 Å². The van der Waals surface area contributed by atoms with E-state index >= 15 is 0 Å². The van der Waals surface area contributed by atoms with E-state index in [9.17, 15) is 18.4 Å². The predicted octanol–water partition coefficient (Wildman–Crippen LogP) is 3.30. The molecule has 128 valence electrons. The molecule has 0 aliphatic carbocycles. The molecule has 0 aliphatic rings. The molecule has 0 unspecified atom stereocenters. The van der Waals surface area contributed by atoms with Crippen molar-refractivity contribution in [2.24, 2.45) is 0 Å². The molecule has 23 heavy (non-hydrogen) atoms. The SMILES string of the molecule is COc1ccc(CC(F)(F)C(=O)O)c(NC(=O)OC(C)(C)C)c1. The Bertz CT molecular complexity index is 596. The highest BCUT2D eigenvalue weighted by Gasteiger charge is 2.39. The molecular formula is C15H19F2NO5. The minimum absolute atomic E-state index is 0.000440. The second-order valence-corrected chi connectivity index (χ2v) is 5.84. The zero-order valence-corrected chi connectivity index (χ0v) is 13.3. The van der Waals surface area contributed by atoms with E-state index in [0.29, 0.717) is 5.75 Å². The van der Waals surface area contributed by atoms with E-state index in [1.807, 2.05) is 0 Å². The highest BCUT2D eigenvalue weighted by molar-refractivity contribution is 5.86. The van der Waals surface area contributed by atoms with E-state index < -0.39 is 30.0 Å². The van der Waals surface area contributed by atoms with E-state index in [-0.39, 0.29) is 11.3 Å². The lowest BCUT2D eigenvalue weighted by Crippen LogP contribution is -2.31. The molecule has 0 aliphatic heterocycles. The third-order valence-electron chi connectivity index (χ3n) is 2.68. The van der Waals surface area contributed by atoms with Gasteiger partial charge in [0.15, 0.2) is 0 Å². The fraction of sp³-hybridized carbons (Fsp3) is 0.467. The molecule has 6 nitrogen and oxygen atoms in total. The summed E-state index contributed by atoms with van der Waals surface area (Å²) >= 11 is 0. The van der Waals surface area contributed by atoms with Crippen LogP contribution in [0.5, 0.6) is 5.75 Å². The van der Waals surface area contributed by atoms with Crippen molar-refractivity contribution in [2.45, 2.75) is 38.7 Å². The Labute approximate surface area is 132 Å². The van der Waals surface area contributed by atoms with Gasteiger partial charge in [-0.05, 0) is 32.4 Å². The number of rotatable bonds is 5. The largest absolute Gasteiger partial charge is 0.497 e. The number of halogens is 2. The third kappa shape index (κ3) is 5.72. The first-order valence-electron chi connectivity index (χ1n) is 6.73. The van der Waals surface area contributed by atoms with Crippen molar-refractivity contribution >= 4 is 17.7 Å². The number of alkyl halides is 2. The van der Waals surface area contributed by atoms with Gasteiger partial charge in [0.2, 0.25) is 0 Å². The molecule has 1 rings (SSSR count). The number of carboxylic acid groups (broad SMARTS) is 1. The van der Waals surface area contributed by atoms with E-state index in [0.717, 1.165) is 0 Å². The molecule has 2 N–H and O–H groups in total. The topological polar surface area (TPSA) is 84.9 Å². The minimum Gasteiger partial charge on any atom is -0.497 e. The summed E-state index contributed by atoms with van der Waals surface area (Å²) in [5, 5.41) is 10.9. The van der Waals surface area contributed by atoms with E-state index in [1.54, 1.807) is 20.8 Å². The van der Waals surface area contributed by atoms with Gasteiger partial charge in [-0.3, -0.25) is 5.32 Å². The predicted molar refractivity (Wildman–Crippen MR) is 79.1 cm³/mol. The number of nitrogens with one attached hydrogen (secondary N) is 1. The molecule has 0 saturated carbocycles. The summed E-state index contributed by atoms with van der Waals surface area (Å²) in [6.45, 7) is 4.95. The second kappa shape index (κ2) is 6.80. The number of benzene rings is 1. The lowest BCUT2D eigenvalue weighted by atomic mass is 10.0. The normalized spacial score (nSPS) is 11.7. The number of carboxylic acids is 1. The number of carbonyl (C=O) groups excluding carboxylic acids is 1. The van der Waals surface area contributed by atoms with Crippen LogP contribution in [0.25, 0.3) is 0 Å². The van der Waals surface area contributed by atoms with Gasteiger partial charge in [0.05, 0.1) is 12.8 Å². The van der Waals surface area contributed by atoms with Gasteiger partial charge < -0.3 is 14.6 Å². The maximum atomic E-state index is 13.4. The number of methoxy groups -OCH3 is 1. The molecule has 0 spiro atoms. The molecular weight excluding hydrogens is 312 g/mol. The zero-order chi connectivity index (χ0) is 17.8. The van der Waals surface area contributed by atoms with Crippen molar-refractivity contribution in [3.05, 3.63) is 23.8 Å². The first-order valence-corrected chi connectivity index (χ1v) is 6.73. The molecule has 0 fully saturated rings. The van der Waals surface area contributed by atoms with Crippen molar-refractivity contribution in [1.82, 2.24) is 0 Å². The van der Waals surface area contributed by atoms with Gasteiger partial charge in [0, 0.05) is 12.5 Å². The summed E-state index contributed by atoms with van der Waals surface area (Å²) < 4.78 is 36.9. The molecule has 1 amide bonds. The Hall–Kier alpha value is -2.38. The molecule has 0 bridgehead atoms. The van der Waals surface area contributed by atoms with Crippen LogP contribution in [0.3, 0.4) is 0 Å². The Morgan fingerprint density at radius 1 is 1.26 bits per heavy atom. The Balaban J connectivity index is 3.08. The van der Waals surface area contributed by atoms with Crippen molar-refractivity contribution in [2.75, 3.05) is 12.4 Å².